The molecule has 1 saturated heterocycles. The van der Waals surface area contributed by atoms with Gasteiger partial charge in [-0.3, -0.25) is 0 Å². The van der Waals surface area contributed by atoms with E-state index in [4.69, 9.17) is 21.6 Å². The molecule has 1 aliphatic heterocycles. The van der Waals surface area contributed by atoms with Crippen LogP contribution in [0.1, 0.15) is 41.4 Å². The highest BCUT2D eigenvalue weighted by molar-refractivity contribution is 7.21. The molecule has 0 amide bonds. The number of pyridine rings is 1. The molecule has 0 atom stereocenters. The van der Waals surface area contributed by atoms with E-state index in [2.05, 4.69) is 4.90 Å². The van der Waals surface area contributed by atoms with Crippen LogP contribution in [0.25, 0.3) is 21.5 Å². The molecular weight excluding hydrogens is 406 g/mol. The molecule has 0 bridgehead atoms. The molecule has 1 aliphatic rings. The van der Waals surface area contributed by atoms with Gasteiger partial charge in [0.2, 0.25) is 0 Å². The summed E-state index contributed by atoms with van der Waals surface area (Å²) in [4.78, 5) is 24.6. The third-order valence-corrected chi connectivity index (χ3v) is 6.57. The van der Waals surface area contributed by atoms with Gasteiger partial charge in [-0.25, -0.2) is 14.8 Å². The second-order valence-electron chi connectivity index (χ2n) is 7.30. The number of aromatic carboxylic acids is 1. The van der Waals surface area contributed by atoms with Crippen molar-refractivity contribution in [2.75, 3.05) is 13.1 Å². The van der Waals surface area contributed by atoms with Gasteiger partial charge in [-0.05, 0) is 56.9 Å². The molecule has 0 saturated carbocycles. The predicted molar refractivity (Wildman–Crippen MR) is 120 cm³/mol. The number of benzene rings is 1. The Morgan fingerprint density at radius 1 is 1.21 bits per heavy atom. The number of fused-ring (bicyclic) bond motifs is 1. The number of carboxylic acid groups (broad SMARTS) is 1. The van der Waals surface area contributed by atoms with Gasteiger partial charge in [-0.15, -0.1) is 11.3 Å². The van der Waals surface area contributed by atoms with Crippen LogP contribution in [-0.4, -0.2) is 39.9 Å². The Hall–Kier alpha value is -2.44. The Morgan fingerprint density at radius 3 is 2.55 bits per heavy atom. The van der Waals surface area contributed by atoms with Crippen molar-refractivity contribution in [3.8, 4) is 11.3 Å². The normalized spacial score (nSPS) is 15.1. The quantitative estimate of drug-likeness (QED) is 0.401. The highest BCUT2D eigenvalue weighted by Gasteiger charge is 2.22. The largest absolute Gasteiger partial charge is 0.477 e. The number of thiophene rings is 1. The number of hydrogen-bond acceptors (Lipinski definition) is 4. The number of aromatic nitrogens is 1. The first-order chi connectivity index (χ1) is 13.9. The van der Waals surface area contributed by atoms with Crippen molar-refractivity contribution in [1.29, 1.82) is 0 Å². The lowest BCUT2D eigenvalue weighted by Gasteiger charge is -2.28. The SMILES string of the molecule is CC(=Nc1c(C(=O)O)sc2nc(-c3ccc(Cl)cc3)cc(C)c12)N1CCCCC1. The average Bonchev–Trinajstić information content (AvgIpc) is 3.08. The summed E-state index contributed by atoms with van der Waals surface area (Å²) in [5, 5.41) is 11.3. The van der Waals surface area contributed by atoms with E-state index in [9.17, 15) is 9.90 Å². The van der Waals surface area contributed by atoms with Gasteiger partial charge in [-0.1, -0.05) is 23.7 Å². The molecule has 1 aromatic carbocycles. The van der Waals surface area contributed by atoms with Crippen molar-refractivity contribution in [2.45, 2.75) is 33.1 Å². The second-order valence-corrected chi connectivity index (χ2v) is 8.74. The number of aliphatic imine (C=N–C) groups is 1. The van der Waals surface area contributed by atoms with Crippen molar-refractivity contribution in [3.63, 3.8) is 0 Å². The highest BCUT2D eigenvalue weighted by Crippen LogP contribution is 2.40. The zero-order valence-corrected chi connectivity index (χ0v) is 18.0. The molecule has 3 heterocycles. The number of halogens is 1. The number of likely N-dealkylation sites (tertiary alicyclic amines) is 1. The first-order valence-corrected chi connectivity index (χ1v) is 10.9. The lowest BCUT2D eigenvalue weighted by atomic mass is 10.1. The molecule has 3 aromatic rings. The van der Waals surface area contributed by atoms with Gasteiger partial charge < -0.3 is 10.0 Å². The fraction of sp³-hybridized carbons (Fsp3) is 0.318. The highest BCUT2D eigenvalue weighted by atomic mass is 35.5. The van der Waals surface area contributed by atoms with Crippen LogP contribution in [0.4, 0.5) is 5.69 Å². The van der Waals surface area contributed by atoms with Crippen LogP contribution in [-0.2, 0) is 0 Å². The minimum absolute atomic E-state index is 0.236. The third kappa shape index (κ3) is 4.00. The number of nitrogens with zero attached hydrogens (tertiary/aromatic N) is 3. The number of carbonyl (C=O) groups is 1. The number of aryl methyl sites for hydroxylation is 1. The van der Waals surface area contributed by atoms with E-state index in [1.807, 2.05) is 44.2 Å². The summed E-state index contributed by atoms with van der Waals surface area (Å²) in [6, 6.07) is 9.47. The summed E-state index contributed by atoms with van der Waals surface area (Å²) in [5.41, 5.74) is 3.23. The van der Waals surface area contributed by atoms with E-state index >= 15 is 0 Å². The predicted octanol–water partition coefficient (Wildman–Crippen LogP) is 6.16. The first kappa shape index (κ1) is 19.9. The van der Waals surface area contributed by atoms with Crippen LogP contribution in [0.3, 0.4) is 0 Å². The average molecular weight is 428 g/mol. The summed E-state index contributed by atoms with van der Waals surface area (Å²) in [5.74, 6) is -0.0984. The van der Waals surface area contributed by atoms with Gasteiger partial charge in [0.05, 0.1) is 5.69 Å². The minimum atomic E-state index is -0.967. The van der Waals surface area contributed by atoms with E-state index in [0.29, 0.717) is 15.5 Å². The van der Waals surface area contributed by atoms with E-state index < -0.39 is 5.97 Å². The minimum Gasteiger partial charge on any atom is -0.477 e. The molecule has 29 heavy (non-hydrogen) atoms. The topological polar surface area (TPSA) is 65.8 Å². The first-order valence-electron chi connectivity index (χ1n) is 9.67. The molecule has 0 aliphatic carbocycles. The van der Waals surface area contributed by atoms with Crippen LogP contribution in [0.2, 0.25) is 5.02 Å². The maximum absolute atomic E-state index is 11.9. The smallest absolute Gasteiger partial charge is 0.348 e. The number of rotatable bonds is 3. The Kier molecular flexibility index (Phi) is 5.56. The second kappa shape index (κ2) is 8.13. The number of piperidine rings is 1. The van der Waals surface area contributed by atoms with Crippen LogP contribution in [0.15, 0.2) is 35.3 Å². The van der Waals surface area contributed by atoms with Crippen molar-refractivity contribution in [3.05, 3.63) is 45.8 Å². The number of hydrogen-bond donors (Lipinski definition) is 1. The van der Waals surface area contributed by atoms with Crippen molar-refractivity contribution in [1.82, 2.24) is 9.88 Å². The zero-order valence-electron chi connectivity index (χ0n) is 16.4. The summed E-state index contributed by atoms with van der Waals surface area (Å²) in [7, 11) is 0. The van der Waals surface area contributed by atoms with Gasteiger partial charge in [0, 0.05) is 29.1 Å². The summed E-state index contributed by atoms with van der Waals surface area (Å²) in [6.45, 7) is 5.89. The lowest BCUT2D eigenvalue weighted by molar-refractivity contribution is 0.0703. The van der Waals surface area contributed by atoms with Gasteiger partial charge >= 0.3 is 5.97 Å². The summed E-state index contributed by atoms with van der Waals surface area (Å²) in [6.07, 6.45) is 3.53. The Labute approximate surface area is 178 Å². The third-order valence-electron chi connectivity index (χ3n) is 5.26. The zero-order chi connectivity index (χ0) is 20.5. The van der Waals surface area contributed by atoms with Crippen molar-refractivity contribution >= 4 is 50.6 Å². The van der Waals surface area contributed by atoms with Crippen LogP contribution >= 0.6 is 22.9 Å². The van der Waals surface area contributed by atoms with E-state index in [-0.39, 0.29) is 4.88 Å². The monoisotopic (exact) mass is 427 g/mol. The Balaban J connectivity index is 1.84. The Bertz CT molecular complexity index is 1100. The molecule has 1 fully saturated rings. The molecule has 1 N–H and O–H groups in total. The van der Waals surface area contributed by atoms with Crippen LogP contribution < -0.4 is 0 Å². The van der Waals surface area contributed by atoms with Crippen molar-refractivity contribution in [2.24, 2.45) is 4.99 Å². The molecule has 2 aromatic heterocycles. The number of amidine groups is 1. The molecule has 0 unspecified atom stereocenters. The standard InChI is InChI=1S/C22H22ClN3O2S/c1-13-12-17(15-6-8-16(23)9-7-15)25-21-18(13)19(20(29-21)22(27)28)24-14(2)26-10-4-3-5-11-26/h6-9,12H,3-5,10-11H2,1-2H3,(H,27,28). The van der Waals surface area contributed by atoms with Crippen LogP contribution in [0, 0.1) is 6.92 Å². The molecule has 5 nitrogen and oxygen atoms in total. The molecule has 150 valence electrons. The van der Waals surface area contributed by atoms with Gasteiger partial charge in [0.15, 0.2) is 0 Å². The maximum atomic E-state index is 11.9. The number of carboxylic acids is 1. The van der Waals surface area contributed by atoms with E-state index in [1.54, 1.807) is 0 Å². The van der Waals surface area contributed by atoms with Gasteiger partial charge in [-0.2, -0.15) is 0 Å². The van der Waals surface area contributed by atoms with E-state index in [1.165, 1.54) is 17.8 Å². The van der Waals surface area contributed by atoms with Crippen molar-refractivity contribution < 1.29 is 9.90 Å². The molecular formula is C22H22ClN3O2S. The van der Waals surface area contributed by atoms with E-state index in [0.717, 1.165) is 54.0 Å². The van der Waals surface area contributed by atoms with Gasteiger partial charge in [0.25, 0.3) is 0 Å². The fourth-order valence-corrected chi connectivity index (χ4v) is 4.89. The molecule has 0 radical (unpaired) electrons. The summed E-state index contributed by atoms with van der Waals surface area (Å²) >= 11 is 7.18. The van der Waals surface area contributed by atoms with Crippen LogP contribution in [0.5, 0.6) is 0 Å². The summed E-state index contributed by atoms with van der Waals surface area (Å²) < 4.78 is 0. The lowest BCUT2D eigenvalue weighted by Crippen LogP contribution is -2.33. The molecule has 7 heteroatoms. The fourth-order valence-electron chi connectivity index (χ4n) is 3.73. The van der Waals surface area contributed by atoms with Gasteiger partial charge in [0.1, 0.15) is 21.2 Å². The molecule has 0 spiro atoms. The maximum Gasteiger partial charge on any atom is 0.348 e. The molecule has 4 rings (SSSR count). The Morgan fingerprint density at radius 2 is 1.90 bits per heavy atom.